The average Bonchev–Trinajstić information content (AvgIpc) is 3.30. The first-order valence-corrected chi connectivity index (χ1v) is 11.8. The van der Waals surface area contributed by atoms with Gasteiger partial charge in [0, 0.05) is 18.0 Å². The average molecular weight is 435 g/mol. The number of aromatic nitrogens is 1. The monoisotopic (exact) mass is 434 g/mol. The van der Waals surface area contributed by atoms with Crippen LogP contribution in [0.2, 0.25) is 0 Å². The molecule has 1 aliphatic heterocycles. The molecule has 2 N–H and O–H groups in total. The molecule has 156 valence electrons. The maximum Gasteiger partial charge on any atom is 0.281 e. The Morgan fingerprint density at radius 1 is 1.03 bits per heavy atom. The van der Waals surface area contributed by atoms with Gasteiger partial charge >= 0.3 is 0 Å². The first-order valence-electron chi connectivity index (χ1n) is 10.1. The summed E-state index contributed by atoms with van der Waals surface area (Å²) in [7, 11) is 0. The molecule has 0 spiro atoms. The van der Waals surface area contributed by atoms with E-state index in [1.165, 1.54) is 47.5 Å². The fourth-order valence-electron chi connectivity index (χ4n) is 3.67. The number of carbonyl (C=O) groups is 2. The van der Waals surface area contributed by atoms with Crippen LogP contribution in [0.15, 0.2) is 6.07 Å². The third-order valence-corrected chi connectivity index (χ3v) is 7.74. The maximum atomic E-state index is 12.6. The van der Waals surface area contributed by atoms with E-state index < -0.39 is 0 Å². The molecule has 2 aromatic heterocycles. The molecule has 9 heteroatoms. The summed E-state index contributed by atoms with van der Waals surface area (Å²) in [5, 5.41) is 0.820. The van der Waals surface area contributed by atoms with Crippen molar-refractivity contribution in [1.82, 2.24) is 15.8 Å². The third kappa shape index (κ3) is 4.79. The van der Waals surface area contributed by atoms with Crippen molar-refractivity contribution in [2.24, 2.45) is 0 Å². The first kappa shape index (κ1) is 20.3. The van der Waals surface area contributed by atoms with Crippen LogP contribution in [0.4, 0.5) is 5.13 Å². The summed E-state index contributed by atoms with van der Waals surface area (Å²) in [5.74, 6) is -0.589. The zero-order valence-corrected chi connectivity index (χ0v) is 18.2. The Hall–Kier alpha value is -1.97. The lowest BCUT2D eigenvalue weighted by Gasteiger charge is -2.25. The number of amides is 2. The van der Waals surface area contributed by atoms with Crippen LogP contribution >= 0.6 is 22.7 Å². The molecule has 2 aliphatic rings. The predicted molar refractivity (Wildman–Crippen MR) is 115 cm³/mol. The molecule has 4 rings (SSSR count). The minimum Gasteiger partial charge on any atom is -0.378 e. The molecule has 1 saturated heterocycles. The summed E-state index contributed by atoms with van der Waals surface area (Å²) < 4.78 is 5.37. The van der Waals surface area contributed by atoms with Crippen molar-refractivity contribution in [3.8, 4) is 0 Å². The minimum absolute atomic E-state index is 0.259. The number of thiazole rings is 1. The molecular formula is C20H26N4O3S2. The number of carbonyl (C=O) groups excluding carboxylic acids is 2. The number of rotatable bonds is 3. The number of morpholine rings is 1. The lowest BCUT2D eigenvalue weighted by Crippen LogP contribution is -2.41. The molecule has 0 bridgehead atoms. The first-order chi connectivity index (χ1) is 14.1. The van der Waals surface area contributed by atoms with Gasteiger partial charge in [-0.15, -0.1) is 11.3 Å². The molecule has 0 atom stereocenters. The Labute approximate surface area is 178 Å². The Balaban J connectivity index is 1.37. The van der Waals surface area contributed by atoms with Crippen LogP contribution in [0.3, 0.4) is 0 Å². The van der Waals surface area contributed by atoms with Gasteiger partial charge in [-0.05, 0) is 44.2 Å². The fourth-order valence-corrected chi connectivity index (χ4v) is 5.83. The Bertz CT molecular complexity index is 861. The second-order valence-corrected chi connectivity index (χ2v) is 9.51. The normalized spacial score (nSPS) is 17.2. The van der Waals surface area contributed by atoms with Gasteiger partial charge < -0.3 is 9.64 Å². The maximum absolute atomic E-state index is 12.6. The van der Waals surface area contributed by atoms with E-state index in [-0.39, 0.29) is 11.8 Å². The highest BCUT2D eigenvalue weighted by Gasteiger charge is 2.21. The van der Waals surface area contributed by atoms with Crippen molar-refractivity contribution in [1.29, 1.82) is 0 Å². The molecule has 0 unspecified atom stereocenters. The van der Waals surface area contributed by atoms with Crippen molar-refractivity contribution in [3.05, 3.63) is 32.0 Å². The van der Waals surface area contributed by atoms with E-state index in [0.717, 1.165) is 31.1 Å². The van der Waals surface area contributed by atoms with Crippen LogP contribution in [-0.2, 0) is 17.6 Å². The van der Waals surface area contributed by atoms with Crippen LogP contribution in [0.1, 0.15) is 61.2 Å². The molecule has 1 aliphatic carbocycles. The van der Waals surface area contributed by atoms with Crippen molar-refractivity contribution < 1.29 is 14.3 Å². The van der Waals surface area contributed by atoms with E-state index in [2.05, 4.69) is 20.7 Å². The van der Waals surface area contributed by atoms with Gasteiger partial charge in [-0.1, -0.05) is 24.2 Å². The van der Waals surface area contributed by atoms with Gasteiger partial charge in [0.1, 0.15) is 4.88 Å². The number of anilines is 1. The summed E-state index contributed by atoms with van der Waals surface area (Å²) in [4.78, 5) is 34.3. The number of hydrazine groups is 1. The highest BCUT2D eigenvalue weighted by Crippen LogP contribution is 2.29. The number of nitrogens with zero attached hydrogens (tertiary/aromatic N) is 2. The second kappa shape index (κ2) is 9.23. The third-order valence-electron chi connectivity index (χ3n) is 5.28. The van der Waals surface area contributed by atoms with Crippen molar-refractivity contribution in [2.45, 2.75) is 45.4 Å². The number of nitrogens with one attached hydrogen (secondary N) is 2. The fraction of sp³-hybridized carbons (Fsp3) is 0.550. The Morgan fingerprint density at radius 2 is 1.76 bits per heavy atom. The topological polar surface area (TPSA) is 83.6 Å². The van der Waals surface area contributed by atoms with Gasteiger partial charge in [0.05, 0.1) is 23.8 Å². The minimum atomic E-state index is -0.331. The van der Waals surface area contributed by atoms with E-state index in [1.807, 2.05) is 13.0 Å². The second-order valence-electron chi connectivity index (χ2n) is 7.39. The molecule has 2 amide bonds. The predicted octanol–water partition coefficient (Wildman–Crippen LogP) is 3.08. The van der Waals surface area contributed by atoms with Crippen LogP contribution in [-0.4, -0.2) is 43.1 Å². The lowest BCUT2D eigenvalue weighted by atomic mass is 10.00. The molecular weight excluding hydrogens is 408 g/mol. The standard InChI is InChI=1S/C20H26N4O3S2/c1-13-17(29-20(21-13)24-8-10-27-11-9-24)19(26)23-22-18(25)16-12-14-6-4-2-3-5-7-15(14)28-16/h12H,2-11H2,1H3,(H,22,25)(H,23,26). The Morgan fingerprint density at radius 3 is 2.55 bits per heavy atom. The SMILES string of the molecule is Cc1nc(N2CCOCC2)sc1C(=O)NNC(=O)c1cc2c(s1)CCCCCC2. The van der Waals surface area contributed by atoms with Crippen LogP contribution < -0.4 is 15.8 Å². The highest BCUT2D eigenvalue weighted by atomic mass is 32.1. The molecule has 0 radical (unpaired) electrons. The van der Waals surface area contributed by atoms with E-state index in [9.17, 15) is 9.59 Å². The van der Waals surface area contributed by atoms with Crippen LogP contribution in [0.25, 0.3) is 0 Å². The van der Waals surface area contributed by atoms with Gasteiger partial charge in [-0.2, -0.15) is 0 Å². The summed E-state index contributed by atoms with van der Waals surface area (Å²) in [6.07, 6.45) is 6.96. The van der Waals surface area contributed by atoms with Gasteiger partial charge in [-0.25, -0.2) is 4.98 Å². The lowest BCUT2D eigenvalue weighted by molar-refractivity contribution is 0.0850. The number of aryl methyl sites for hydroxylation is 3. The molecule has 0 saturated carbocycles. The summed E-state index contributed by atoms with van der Waals surface area (Å²) >= 11 is 2.89. The molecule has 7 nitrogen and oxygen atoms in total. The van der Waals surface area contributed by atoms with Crippen molar-refractivity contribution in [3.63, 3.8) is 0 Å². The summed E-state index contributed by atoms with van der Waals surface area (Å²) in [5.41, 5.74) is 7.09. The molecule has 2 aromatic rings. The molecule has 3 heterocycles. The number of fused-ring (bicyclic) bond motifs is 1. The number of ether oxygens (including phenoxy) is 1. The van der Waals surface area contributed by atoms with Crippen LogP contribution in [0, 0.1) is 6.92 Å². The number of thiophene rings is 1. The largest absolute Gasteiger partial charge is 0.378 e. The smallest absolute Gasteiger partial charge is 0.281 e. The van der Waals surface area contributed by atoms with E-state index in [4.69, 9.17) is 4.74 Å². The molecule has 0 aromatic carbocycles. The molecule has 29 heavy (non-hydrogen) atoms. The van der Waals surface area contributed by atoms with Gasteiger partial charge in [0.2, 0.25) is 0 Å². The highest BCUT2D eigenvalue weighted by molar-refractivity contribution is 7.17. The van der Waals surface area contributed by atoms with Crippen molar-refractivity contribution in [2.75, 3.05) is 31.2 Å². The van der Waals surface area contributed by atoms with Gasteiger partial charge in [0.15, 0.2) is 5.13 Å². The Kier molecular flexibility index (Phi) is 6.46. The van der Waals surface area contributed by atoms with E-state index >= 15 is 0 Å². The summed E-state index contributed by atoms with van der Waals surface area (Å²) in [6.45, 7) is 4.69. The number of hydrogen-bond donors (Lipinski definition) is 2. The quantitative estimate of drug-likeness (QED) is 0.726. The zero-order valence-electron chi connectivity index (χ0n) is 16.6. The summed E-state index contributed by atoms with van der Waals surface area (Å²) in [6, 6.07) is 1.99. The van der Waals surface area contributed by atoms with Gasteiger partial charge in [-0.3, -0.25) is 20.4 Å². The molecule has 1 fully saturated rings. The van der Waals surface area contributed by atoms with Crippen molar-refractivity contribution >= 4 is 39.6 Å². The van der Waals surface area contributed by atoms with E-state index in [1.54, 1.807) is 11.3 Å². The zero-order chi connectivity index (χ0) is 20.2. The van der Waals surface area contributed by atoms with Gasteiger partial charge in [0.25, 0.3) is 11.8 Å². The van der Waals surface area contributed by atoms with Crippen LogP contribution in [0.5, 0.6) is 0 Å². The van der Waals surface area contributed by atoms with E-state index in [0.29, 0.717) is 28.7 Å². The number of hydrogen-bond acceptors (Lipinski definition) is 7.